The molecule has 7 N–H and O–H groups in total. The van der Waals surface area contributed by atoms with Crippen molar-refractivity contribution in [2.75, 3.05) is 33.1 Å². The smallest absolute Gasteiger partial charge is 0.390 e. The fraction of sp³-hybridized carbons (Fsp3) is 0.607. The van der Waals surface area contributed by atoms with Crippen molar-refractivity contribution in [2.24, 2.45) is 23.5 Å². The third kappa shape index (κ3) is 5.03. The first-order valence-electron chi connectivity index (χ1n) is 13.6. The molecule has 1 aromatic carbocycles. The van der Waals surface area contributed by atoms with E-state index in [0.29, 0.717) is 11.3 Å². The number of phenols is 1. The van der Waals surface area contributed by atoms with Gasteiger partial charge < -0.3 is 41.3 Å². The highest BCUT2D eigenvalue weighted by Gasteiger charge is 2.67. The number of carbonyl (C=O) groups excluding carboxylic acids is 3. The Balaban J connectivity index is 1.84. The normalized spacial score (nSPS) is 30.1. The molecule has 1 aromatic rings. The maximum Gasteiger partial charge on any atom is 0.390 e. The van der Waals surface area contributed by atoms with E-state index in [2.05, 4.69) is 5.32 Å². The van der Waals surface area contributed by atoms with Crippen LogP contribution in [0.5, 0.6) is 5.75 Å². The van der Waals surface area contributed by atoms with Crippen molar-refractivity contribution < 1.29 is 48.0 Å². The molecule has 0 bridgehead atoms. The number of likely N-dealkylation sites (N-methyl/N-ethyl adjacent to an activating group) is 1. The molecule has 0 aromatic heterocycles. The van der Waals surface area contributed by atoms with Gasteiger partial charge in [-0.2, -0.15) is 13.2 Å². The quantitative estimate of drug-likeness (QED) is 0.244. The SMILES string of the molecule is CC(CC(F)(F)F)NCc1cc(N(C)C)c2c(c1O)C(O)=C1C(=O)[C@]3(O)C(=O)C(C(N)=O)C(O)[C@@H](N(C)C)[C@@H]3C[C@@H]1C2. The van der Waals surface area contributed by atoms with Crippen LogP contribution in [0.2, 0.25) is 0 Å². The van der Waals surface area contributed by atoms with E-state index in [4.69, 9.17) is 5.73 Å². The van der Waals surface area contributed by atoms with E-state index in [0.717, 1.165) is 0 Å². The van der Waals surface area contributed by atoms with E-state index in [1.54, 1.807) is 39.2 Å². The third-order valence-corrected chi connectivity index (χ3v) is 8.80. The van der Waals surface area contributed by atoms with Gasteiger partial charge in [0.1, 0.15) is 17.4 Å². The predicted molar refractivity (Wildman–Crippen MR) is 145 cm³/mol. The second kappa shape index (κ2) is 10.8. The van der Waals surface area contributed by atoms with E-state index in [1.165, 1.54) is 11.8 Å². The van der Waals surface area contributed by atoms with Gasteiger partial charge in [0.25, 0.3) is 0 Å². The van der Waals surface area contributed by atoms with Crippen LogP contribution in [0.4, 0.5) is 18.9 Å². The highest BCUT2D eigenvalue weighted by Crippen LogP contribution is 2.53. The number of aliphatic hydroxyl groups excluding tert-OH is 2. The lowest BCUT2D eigenvalue weighted by molar-refractivity contribution is -0.184. The summed E-state index contributed by atoms with van der Waals surface area (Å²) in [5.41, 5.74) is 3.36. The Morgan fingerprint density at radius 2 is 1.83 bits per heavy atom. The molecule has 1 amide bonds. The predicted octanol–water partition coefficient (Wildman–Crippen LogP) is 0.626. The second-order valence-corrected chi connectivity index (χ2v) is 12.0. The average molecular weight is 599 g/mol. The van der Waals surface area contributed by atoms with Crippen LogP contribution in [0.25, 0.3) is 5.76 Å². The molecule has 232 valence electrons. The lowest BCUT2D eigenvalue weighted by Crippen LogP contribution is -2.73. The number of amides is 1. The number of aliphatic hydroxyl groups is 3. The number of phenolic OH excluding ortho intramolecular Hbond substituents is 1. The standard InChI is InChI=1S/C28H37F3N4O7/c1-11(9-27(29,30)31)33-10-13-8-16(34(2)3)14-6-12-7-15-20(35(4)5)23(38)19(26(32)41)25(40)28(15,42)24(39)17(12)22(37)18(14)21(13)36/h8,11-12,15,19-20,23,33,36-38,42H,6-7,9-10H2,1-5H3,(H2,32,41)/t11?,12-,15-,19?,20-,23?,28-/m0/s1. The topological polar surface area (TPSA) is 177 Å². The van der Waals surface area contributed by atoms with Crippen LogP contribution in [0, 0.1) is 17.8 Å². The summed E-state index contributed by atoms with van der Waals surface area (Å²) in [6.45, 7) is 1.15. The number of benzene rings is 1. The summed E-state index contributed by atoms with van der Waals surface area (Å²) in [7, 11) is 6.55. The van der Waals surface area contributed by atoms with Gasteiger partial charge in [0.05, 0.1) is 18.1 Å². The van der Waals surface area contributed by atoms with Crippen LogP contribution in [-0.2, 0) is 27.3 Å². The van der Waals surface area contributed by atoms with E-state index >= 15 is 0 Å². The minimum Gasteiger partial charge on any atom is -0.507 e. The van der Waals surface area contributed by atoms with Gasteiger partial charge in [-0.05, 0) is 51.4 Å². The lowest BCUT2D eigenvalue weighted by atomic mass is 9.54. The van der Waals surface area contributed by atoms with Crippen molar-refractivity contribution >= 4 is 28.9 Å². The van der Waals surface area contributed by atoms with Crippen LogP contribution in [0.1, 0.15) is 36.5 Å². The Hall–Kier alpha value is -3.20. The van der Waals surface area contributed by atoms with Gasteiger partial charge >= 0.3 is 6.18 Å². The van der Waals surface area contributed by atoms with E-state index in [9.17, 15) is 48.0 Å². The number of ketones is 2. The minimum absolute atomic E-state index is 0.0237. The molecule has 3 aliphatic rings. The monoisotopic (exact) mass is 598 g/mol. The van der Waals surface area contributed by atoms with Crippen molar-refractivity contribution in [3.63, 3.8) is 0 Å². The van der Waals surface area contributed by atoms with Crippen LogP contribution in [0.3, 0.4) is 0 Å². The number of nitrogens with zero attached hydrogens (tertiary/aromatic N) is 2. The van der Waals surface area contributed by atoms with Crippen molar-refractivity contribution in [3.05, 3.63) is 28.3 Å². The molecular formula is C28H37F3N4O7. The number of aromatic hydroxyl groups is 1. The van der Waals surface area contributed by atoms with Gasteiger partial charge in [-0.15, -0.1) is 0 Å². The van der Waals surface area contributed by atoms with Gasteiger partial charge in [-0.25, -0.2) is 0 Å². The van der Waals surface area contributed by atoms with E-state index in [-0.39, 0.29) is 36.1 Å². The zero-order valence-corrected chi connectivity index (χ0v) is 24.0. The van der Waals surface area contributed by atoms with Crippen molar-refractivity contribution in [1.82, 2.24) is 10.2 Å². The number of anilines is 1. The maximum absolute atomic E-state index is 14.0. The van der Waals surface area contributed by atoms with E-state index in [1.807, 2.05) is 0 Å². The molecule has 3 aliphatic carbocycles. The Morgan fingerprint density at radius 1 is 1.21 bits per heavy atom. The molecule has 7 atom stereocenters. The van der Waals surface area contributed by atoms with Gasteiger partial charge in [-0.3, -0.25) is 14.4 Å². The minimum atomic E-state index is -4.40. The van der Waals surface area contributed by atoms with Crippen LogP contribution >= 0.6 is 0 Å². The average Bonchev–Trinajstić information content (AvgIpc) is 2.84. The molecule has 0 radical (unpaired) electrons. The van der Waals surface area contributed by atoms with Crippen LogP contribution in [0.15, 0.2) is 11.6 Å². The Bertz CT molecular complexity index is 1350. The molecule has 42 heavy (non-hydrogen) atoms. The maximum atomic E-state index is 14.0. The van der Waals surface area contributed by atoms with Crippen molar-refractivity contribution in [1.29, 1.82) is 0 Å². The molecular weight excluding hydrogens is 561 g/mol. The second-order valence-electron chi connectivity index (χ2n) is 12.0. The molecule has 0 heterocycles. The fourth-order valence-electron chi connectivity index (χ4n) is 6.94. The molecule has 11 nitrogen and oxygen atoms in total. The molecule has 2 saturated carbocycles. The summed E-state index contributed by atoms with van der Waals surface area (Å²) in [5.74, 6) is -8.47. The zero-order valence-electron chi connectivity index (χ0n) is 24.0. The zero-order chi connectivity index (χ0) is 31.6. The number of nitrogens with two attached hydrogens (primary N) is 1. The van der Waals surface area contributed by atoms with E-state index < -0.39 is 83.1 Å². The first-order chi connectivity index (χ1) is 19.3. The number of hydrogen-bond acceptors (Lipinski definition) is 10. The molecule has 0 saturated heterocycles. The molecule has 4 rings (SSSR count). The van der Waals surface area contributed by atoms with Crippen molar-refractivity contribution in [2.45, 2.75) is 62.7 Å². The van der Waals surface area contributed by atoms with Crippen LogP contribution in [-0.4, -0.2) is 101 Å². The number of carbonyl (C=O) groups is 3. The Labute approximate surface area is 240 Å². The molecule has 0 spiro atoms. The fourth-order valence-corrected chi connectivity index (χ4v) is 6.94. The molecule has 2 fully saturated rings. The lowest BCUT2D eigenvalue weighted by Gasteiger charge is -2.53. The number of nitrogens with one attached hydrogen (secondary N) is 1. The summed E-state index contributed by atoms with van der Waals surface area (Å²) in [4.78, 5) is 42.8. The summed E-state index contributed by atoms with van der Waals surface area (Å²) >= 11 is 0. The van der Waals surface area contributed by atoms with Gasteiger partial charge in [-0.1, -0.05) is 0 Å². The molecule has 14 heteroatoms. The largest absolute Gasteiger partial charge is 0.507 e. The van der Waals surface area contributed by atoms with Gasteiger partial charge in [0.2, 0.25) is 11.7 Å². The number of rotatable bonds is 7. The Kier molecular flexibility index (Phi) is 8.17. The number of halogens is 3. The van der Waals surface area contributed by atoms with Crippen LogP contribution < -0.4 is 16.0 Å². The first-order valence-corrected chi connectivity index (χ1v) is 13.6. The highest BCUT2D eigenvalue weighted by atomic mass is 19.4. The number of hydrogen-bond donors (Lipinski definition) is 6. The summed E-state index contributed by atoms with van der Waals surface area (Å²) in [5, 5.41) is 48.1. The highest BCUT2D eigenvalue weighted by molar-refractivity contribution is 6.25. The Morgan fingerprint density at radius 3 is 2.36 bits per heavy atom. The number of primary amides is 1. The first kappa shape index (κ1) is 31.7. The van der Waals surface area contributed by atoms with Gasteiger partial charge in [0.15, 0.2) is 11.4 Å². The molecule has 3 unspecified atom stereocenters. The number of Topliss-reactive ketones (excluding diaryl/α,β-unsaturated/α-hetero) is 2. The summed E-state index contributed by atoms with van der Waals surface area (Å²) < 4.78 is 38.5. The molecule has 0 aliphatic heterocycles. The van der Waals surface area contributed by atoms with Gasteiger partial charge in [0, 0.05) is 55.5 Å². The third-order valence-electron chi connectivity index (χ3n) is 8.80. The van der Waals surface area contributed by atoms with Crippen molar-refractivity contribution in [3.8, 4) is 5.75 Å². The number of fused-ring (bicyclic) bond motifs is 3. The summed E-state index contributed by atoms with van der Waals surface area (Å²) in [6, 6.07) is -0.399. The summed E-state index contributed by atoms with van der Waals surface area (Å²) in [6.07, 6.45) is -7.01. The number of alkyl halides is 3.